The van der Waals surface area contributed by atoms with Crippen molar-refractivity contribution in [1.82, 2.24) is 20.2 Å². The summed E-state index contributed by atoms with van der Waals surface area (Å²) in [7, 11) is 0. The molecule has 1 unspecified atom stereocenters. The van der Waals surface area contributed by atoms with Crippen LogP contribution in [0.2, 0.25) is 0 Å². The van der Waals surface area contributed by atoms with Crippen LogP contribution >= 0.6 is 0 Å². The number of nitrogens with zero attached hydrogens (tertiary/aromatic N) is 4. The van der Waals surface area contributed by atoms with Gasteiger partial charge in [-0.1, -0.05) is 36.4 Å². The van der Waals surface area contributed by atoms with Crippen LogP contribution in [-0.2, 0) is 13.1 Å². The Kier molecular flexibility index (Phi) is 7.43. The minimum atomic E-state index is 0.174. The number of rotatable bonds is 8. The zero-order chi connectivity index (χ0) is 22.2. The van der Waals surface area contributed by atoms with E-state index >= 15 is 0 Å². The molecule has 4 rings (SSSR count). The maximum Gasteiger partial charge on any atom is 0.192 e. The third-order valence-electron chi connectivity index (χ3n) is 5.91. The van der Waals surface area contributed by atoms with E-state index < -0.39 is 0 Å². The number of hydrogen-bond acceptors (Lipinski definition) is 3. The minimum absolute atomic E-state index is 0.174. The van der Waals surface area contributed by atoms with E-state index in [4.69, 9.17) is 4.99 Å². The van der Waals surface area contributed by atoms with Crippen molar-refractivity contribution >= 4 is 11.6 Å². The fraction of sp³-hybridized carbons (Fsp3) is 0.385. The first-order valence-corrected chi connectivity index (χ1v) is 11.6. The number of guanidine groups is 1. The Hall–Kier alpha value is -3.28. The maximum absolute atomic E-state index is 4.82. The van der Waals surface area contributed by atoms with Gasteiger partial charge in [-0.05, 0) is 55.5 Å². The van der Waals surface area contributed by atoms with Crippen LogP contribution in [0.4, 0.5) is 5.69 Å². The molecular weight excluding hydrogens is 396 g/mol. The first-order valence-electron chi connectivity index (χ1n) is 11.6. The normalized spacial score (nSPS) is 15.1. The fourth-order valence-corrected chi connectivity index (χ4v) is 4.09. The van der Waals surface area contributed by atoms with Crippen molar-refractivity contribution in [3.63, 3.8) is 0 Å². The molecule has 1 fully saturated rings. The van der Waals surface area contributed by atoms with Crippen molar-refractivity contribution in [2.75, 3.05) is 24.5 Å². The molecule has 0 saturated carbocycles. The summed E-state index contributed by atoms with van der Waals surface area (Å²) in [5.41, 5.74) is 5.06. The number of aliphatic imine (C=N–C) groups is 1. The molecule has 1 atom stereocenters. The predicted octanol–water partition coefficient (Wildman–Crippen LogP) is 4.35. The van der Waals surface area contributed by atoms with Crippen LogP contribution in [0.25, 0.3) is 0 Å². The van der Waals surface area contributed by atoms with E-state index in [-0.39, 0.29) is 6.04 Å². The Balaban J connectivity index is 1.38. The van der Waals surface area contributed by atoms with Gasteiger partial charge in [0.05, 0.1) is 18.9 Å². The van der Waals surface area contributed by atoms with Gasteiger partial charge in [-0.2, -0.15) is 0 Å². The summed E-state index contributed by atoms with van der Waals surface area (Å²) in [5.74, 6) is 0.842. The number of aromatic nitrogens is 2. The number of imidazole rings is 1. The van der Waals surface area contributed by atoms with E-state index in [0.29, 0.717) is 6.54 Å². The molecule has 2 N–H and O–H groups in total. The lowest BCUT2D eigenvalue weighted by Crippen LogP contribution is -2.38. The van der Waals surface area contributed by atoms with Gasteiger partial charge < -0.3 is 20.1 Å². The molecule has 0 amide bonds. The van der Waals surface area contributed by atoms with Crippen molar-refractivity contribution < 1.29 is 0 Å². The van der Waals surface area contributed by atoms with Gasteiger partial charge in [0.1, 0.15) is 0 Å². The van der Waals surface area contributed by atoms with Crippen molar-refractivity contribution in [3.8, 4) is 0 Å². The molecule has 6 heteroatoms. The van der Waals surface area contributed by atoms with Crippen LogP contribution in [-0.4, -0.2) is 35.1 Å². The SMILES string of the molecule is CCNC(=NCc1ccc(Cn2ccnc2)cc1)NC(C)c1cccc(N2CCCC2)c1. The van der Waals surface area contributed by atoms with Crippen LogP contribution in [0, 0.1) is 0 Å². The standard InChI is InChI=1S/C26H34N6/c1-3-28-26(29-18-22-9-11-23(12-10-22)19-31-16-13-27-20-31)30-21(2)24-7-6-8-25(17-24)32-14-4-5-15-32/h6-13,16-17,20-21H,3-5,14-15,18-19H2,1-2H3,(H2,28,29,30). The lowest BCUT2D eigenvalue weighted by atomic mass is 10.1. The van der Waals surface area contributed by atoms with Crippen molar-refractivity contribution in [3.05, 3.63) is 83.9 Å². The van der Waals surface area contributed by atoms with Gasteiger partial charge in [0, 0.05) is 44.3 Å². The molecule has 6 nitrogen and oxygen atoms in total. The van der Waals surface area contributed by atoms with Crippen molar-refractivity contribution in [1.29, 1.82) is 0 Å². The van der Waals surface area contributed by atoms with E-state index in [9.17, 15) is 0 Å². The Morgan fingerprint density at radius 1 is 1.09 bits per heavy atom. The highest BCUT2D eigenvalue weighted by molar-refractivity contribution is 5.80. The lowest BCUT2D eigenvalue weighted by Gasteiger charge is -2.22. The highest BCUT2D eigenvalue weighted by Gasteiger charge is 2.14. The van der Waals surface area contributed by atoms with E-state index in [0.717, 1.165) is 32.1 Å². The Morgan fingerprint density at radius 3 is 2.59 bits per heavy atom. The number of nitrogens with one attached hydrogen (secondary N) is 2. The van der Waals surface area contributed by atoms with Gasteiger partial charge in [0.25, 0.3) is 0 Å². The van der Waals surface area contributed by atoms with Crippen molar-refractivity contribution in [2.45, 2.75) is 45.8 Å². The summed E-state index contributed by atoms with van der Waals surface area (Å²) >= 11 is 0. The van der Waals surface area contributed by atoms with Gasteiger partial charge in [0.15, 0.2) is 5.96 Å². The summed E-state index contributed by atoms with van der Waals surface area (Å²) in [6, 6.07) is 17.7. The summed E-state index contributed by atoms with van der Waals surface area (Å²) in [6.07, 6.45) is 8.21. The summed E-state index contributed by atoms with van der Waals surface area (Å²) in [5, 5.41) is 6.96. The van der Waals surface area contributed by atoms with E-state index in [1.54, 1.807) is 0 Å². The molecule has 0 aliphatic carbocycles. The van der Waals surface area contributed by atoms with Crippen molar-refractivity contribution in [2.24, 2.45) is 4.99 Å². The van der Waals surface area contributed by atoms with Crippen LogP contribution in [0.1, 0.15) is 49.4 Å². The Morgan fingerprint density at radius 2 is 1.88 bits per heavy atom. The first kappa shape index (κ1) is 21.9. The number of anilines is 1. The van der Waals surface area contributed by atoms with E-state index in [1.165, 1.54) is 35.2 Å². The van der Waals surface area contributed by atoms with Gasteiger partial charge in [-0.25, -0.2) is 9.98 Å². The topological polar surface area (TPSA) is 57.5 Å². The van der Waals surface area contributed by atoms with Gasteiger partial charge >= 0.3 is 0 Å². The average molecular weight is 431 g/mol. The quantitative estimate of drug-likeness (QED) is 0.412. The largest absolute Gasteiger partial charge is 0.372 e. The monoisotopic (exact) mass is 430 g/mol. The summed E-state index contributed by atoms with van der Waals surface area (Å²) in [6.45, 7) is 8.92. The van der Waals surface area contributed by atoms with Crippen LogP contribution in [0.15, 0.2) is 72.2 Å². The van der Waals surface area contributed by atoms with Gasteiger partial charge in [-0.3, -0.25) is 0 Å². The fourth-order valence-electron chi connectivity index (χ4n) is 4.09. The molecule has 3 aromatic rings. The lowest BCUT2D eigenvalue weighted by molar-refractivity contribution is 0.686. The molecule has 2 heterocycles. The van der Waals surface area contributed by atoms with Crippen LogP contribution in [0.3, 0.4) is 0 Å². The average Bonchev–Trinajstić information content (AvgIpc) is 3.53. The summed E-state index contributed by atoms with van der Waals surface area (Å²) in [4.78, 5) is 11.4. The number of hydrogen-bond donors (Lipinski definition) is 2. The highest BCUT2D eigenvalue weighted by atomic mass is 15.2. The zero-order valence-corrected chi connectivity index (χ0v) is 19.2. The third-order valence-corrected chi connectivity index (χ3v) is 5.91. The zero-order valence-electron chi connectivity index (χ0n) is 19.2. The highest BCUT2D eigenvalue weighted by Crippen LogP contribution is 2.24. The molecule has 1 saturated heterocycles. The van der Waals surface area contributed by atoms with Gasteiger partial charge in [0.2, 0.25) is 0 Å². The molecule has 0 bridgehead atoms. The molecule has 0 spiro atoms. The summed E-state index contributed by atoms with van der Waals surface area (Å²) < 4.78 is 2.07. The van der Waals surface area contributed by atoms with Crippen LogP contribution < -0.4 is 15.5 Å². The minimum Gasteiger partial charge on any atom is -0.372 e. The molecule has 32 heavy (non-hydrogen) atoms. The third kappa shape index (κ3) is 5.90. The molecule has 2 aromatic carbocycles. The maximum atomic E-state index is 4.82. The Labute approximate surface area is 191 Å². The number of benzene rings is 2. The Bertz CT molecular complexity index is 987. The first-order chi connectivity index (χ1) is 15.7. The second-order valence-electron chi connectivity index (χ2n) is 8.40. The van der Waals surface area contributed by atoms with E-state index in [1.807, 2.05) is 18.7 Å². The smallest absolute Gasteiger partial charge is 0.192 e. The molecule has 1 aromatic heterocycles. The second-order valence-corrected chi connectivity index (χ2v) is 8.40. The molecular formula is C26H34N6. The van der Waals surface area contributed by atoms with Gasteiger partial charge in [-0.15, -0.1) is 0 Å². The molecule has 0 radical (unpaired) electrons. The predicted molar refractivity (Wildman–Crippen MR) is 132 cm³/mol. The molecule has 1 aliphatic rings. The second kappa shape index (κ2) is 10.8. The molecule has 1 aliphatic heterocycles. The van der Waals surface area contributed by atoms with Crippen LogP contribution in [0.5, 0.6) is 0 Å². The van der Waals surface area contributed by atoms with E-state index in [2.05, 4.69) is 87.5 Å². The molecule has 168 valence electrons.